The molecule has 0 aliphatic carbocycles. The molecule has 0 unspecified atom stereocenters. The lowest BCUT2D eigenvalue weighted by molar-refractivity contribution is -0.121. The SMILES string of the molecule is CSCSC[C@H](N)C(=O)NC(=O)OC(C)(C)C. The van der Waals surface area contributed by atoms with Crippen molar-refractivity contribution >= 4 is 35.5 Å². The van der Waals surface area contributed by atoms with Crippen LogP contribution in [0.2, 0.25) is 0 Å². The van der Waals surface area contributed by atoms with Crippen molar-refractivity contribution in [2.24, 2.45) is 5.73 Å². The molecule has 0 aliphatic heterocycles. The van der Waals surface area contributed by atoms with Crippen molar-refractivity contribution in [1.82, 2.24) is 5.32 Å². The van der Waals surface area contributed by atoms with Gasteiger partial charge in [0.15, 0.2) is 0 Å². The summed E-state index contributed by atoms with van der Waals surface area (Å²) in [5.74, 6) is -0.0250. The number of amides is 2. The second-order valence-electron chi connectivity index (χ2n) is 4.37. The third-order valence-electron chi connectivity index (χ3n) is 1.46. The van der Waals surface area contributed by atoms with E-state index in [0.717, 1.165) is 5.08 Å². The Labute approximate surface area is 111 Å². The normalized spacial score (nSPS) is 13.0. The first-order valence-corrected chi connectivity index (χ1v) is 7.67. The highest BCUT2D eigenvalue weighted by Crippen LogP contribution is 2.09. The van der Waals surface area contributed by atoms with Gasteiger partial charge in [0, 0.05) is 10.8 Å². The summed E-state index contributed by atoms with van der Waals surface area (Å²) < 4.78 is 4.95. The second kappa shape index (κ2) is 7.84. The molecule has 0 aromatic heterocycles. The summed E-state index contributed by atoms with van der Waals surface area (Å²) >= 11 is 3.22. The van der Waals surface area contributed by atoms with Gasteiger partial charge in [0.25, 0.3) is 0 Å². The Morgan fingerprint density at radius 2 is 2.00 bits per heavy atom. The largest absolute Gasteiger partial charge is 0.444 e. The van der Waals surface area contributed by atoms with Crippen LogP contribution in [0.25, 0.3) is 0 Å². The summed E-state index contributed by atoms with van der Waals surface area (Å²) in [6.07, 6.45) is 1.21. The lowest BCUT2D eigenvalue weighted by Crippen LogP contribution is -2.46. The molecule has 5 nitrogen and oxygen atoms in total. The lowest BCUT2D eigenvalue weighted by Gasteiger charge is -2.20. The zero-order valence-electron chi connectivity index (χ0n) is 10.6. The van der Waals surface area contributed by atoms with Crippen molar-refractivity contribution in [2.75, 3.05) is 17.1 Å². The maximum absolute atomic E-state index is 11.5. The molecule has 17 heavy (non-hydrogen) atoms. The third kappa shape index (κ3) is 9.31. The molecule has 1 atom stereocenters. The molecule has 0 saturated heterocycles. The summed E-state index contributed by atoms with van der Waals surface area (Å²) in [5.41, 5.74) is 5.00. The summed E-state index contributed by atoms with van der Waals surface area (Å²) in [4.78, 5) is 22.8. The lowest BCUT2D eigenvalue weighted by atomic mass is 10.2. The first-order valence-electron chi connectivity index (χ1n) is 5.12. The van der Waals surface area contributed by atoms with Gasteiger partial charge in [-0.15, -0.1) is 11.8 Å². The van der Waals surface area contributed by atoms with Gasteiger partial charge in [-0.25, -0.2) is 4.79 Å². The number of carbonyl (C=O) groups excluding carboxylic acids is 2. The number of hydrogen-bond donors (Lipinski definition) is 2. The van der Waals surface area contributed by atoms with E-state index >= 15 is 0 Å². The van der Waals surface area contributed by atoms with E-state index in [0.29, 0.717) is 5.75 Å². The van der Waals surface area contributed by atoms with Crippen LogP contribution in [-0.4, -0.2) is 40.7 Å². The van der Waals surface area contributed by atoms with Gasteiger partial charge in [-0.2, -0.15) is 11.8 Å². The van der Waals surface area contributed by atoms with Crippen molar-refractivity contribution < 1.29 is 14.3 Å². The molecule has 100 valence electrons. The zero-order valence-corrected chi connectivity index (χ0v) is 12.2. The fourth-order valence-corrected chi connectivity index (χ4v) is 2.29. The van der Waals surface area contributed by atoms with Crippen LogP contribution in [0.1, 0.15) is 20.8 Å². The number of hydrogen-bond acceptors (Lipinski definition) is 6. The molecule has 0 aliphatic rings. The van der Waals surface area contributed by atoms with Crippen LogP contribution in [0.5, 0.6) is 0 Å². The Morgan fingerprint density at radius 3 is 2.47 bits per heavy atom. The molecule has 0 spiro atoms. The van der Waals surface area contributed by atoms with E-state index in [1.165, 1.54) is 0 Å². The van der Waals surface area contributed by atoms with Crippen molar-refractivity contribution in [3.05, 3.63) is 0 Å². The molecule has 3 N–H and O–H groups in total. The van der Waals surface area contributed by atoms with E-state index in [1.54, 1.807) is 44.3 Å². The number of carbonyl (C=O) groups is 2. The molecular formula is C10H20N2O3S2. The Hall–Kier alpha value is -0.400. The average molecular weight is 280 g/mol. The van der Waals surface area contributed by atoms with Crippen LogP contribution in [0.15, 0.2) is 0 Å². The standard InChI is InChI=1S/C10H20N2O3S2/c1-10(2,3)15-9(14)12-8(13)7(11)5-17-6-16-4/h7H,5-6,11H2,1-4H3,(H,12,13,14)/t7-/m0/s1. The van der Waals surface area contributed by atoms with Gasteiger partial charge in [0.1, 0.15) is 5.60 Å². The Balaban J connectivity index is 3.95. The van der Waals surface area contributed by atoms with E-state index in [9.17, 15) is 9.59 Å². The number of ether oxygens (including phenoxy) is 1. The molecule has 0 heterocycles. The van der Waals surface area contributed by atoms with Gasteiger partial charge in [-0.05, 0) is 27.0 Å². The maximum atomic E-state index is 11.5. The maximum Gasteiger partial charge on any atom is 0.414 e. The molecule has 0 aromatic carbocycles. The fourth-order valence-electron chi connectivity index (χ4n) is 0.831. The summed E-state index contributed by atoms with van der Waals surface area (Å²) in [7, 11) is 0. The van der Waals surface area contributed by atoms with E-state index in [-0.39, 0.29) is 0 Å². The van der Waals surface area contributed by atoms with Crippen LogP contribution in [-0.2, 0) is 9.53 Å². The van der Waals surface area contributed by atoms with Crippen LogP contribution < -0.4 is 11.1 Å². The van der Waals surface area contributed by atoms with E-state index in [1.807, 2.05) is 6.26 Å². The molecule has 0 aromatic rings. The number of alkyl carbamates (subject to hydrolysis) is 1. The average Bonchev–Trinajstić information content (AvgIpc) is 2.14. The molecule has 0 radical (unpaired) electrons. The van der Waals surface area contributed by atoms with Crippen LogP contribution >= 0.6 is 23.5 Å². The minimum Gasteiger partial charge on any atom is -0.444 e. The highest BCUT2D eigenvalue weighted by atomic mass is 32.2. The first-order chi connectivity index (χ1) is 7.76. The second-order valence-corrected chi connectivity index (χ2v) is 6.64. The van der Waals surface area contributed by atoms with Crippen LogP contribution in [0, 0.1) is 0 Å². The quantitative estimate of drug-likeness (QED) is 0.585. The zero-order chi connectivity index (χ0) is 13.5. The number of nitrogens with two attached hydrogens (primary N) is 1. The van der Waals surface area contributed by atoms with Crippen LogP contribution in [0.4, 0.5) is 4.79 Å². The smallest absolute Gasteiger partial charge is 0.414 e. The molecule has 0 fully saturated rings. The van der Waals surface area contributed by atoms with Gasteiger partial charge in [-0.3, -0.25) is 10.1 Å². The fraction of sp³-hybridized carbons (Fsp3) is 0.800. The summed E-state index contributed by atoms with van der Waals surface area (Å²) in [6.45, 7) is 5.18. The van der Waals surface area contributed by atoms with Gasteiger partial charge >= 0.3 is 6.09 Å². The Bertz CT molecular complexity index is 267. The molecule has 0 bridgehead atoms. The molecule has 0 saturated carbocycles. The molecular weight excluding hydrogens is 260 g/mol. The Morgan fingerprint density at radius 1 is 1.41 bits per heavy atom. The number of imide groups is 1. The van der Waals surface area contributed by atoms with Crippen molar-refractivity contribution in [2.45, 2.75) is 32.4 Å². The summed E-state index contributed by atoms with van der Waals surface area (Å²) in [6, 6.07) is -0.695. The minimum atomic E-state index is -0.757. The summed E-state index contributed by atoms with van der Waals surface area (Å²) in [5, 5.41) is 2.99. The van der Waals surface area contributed by atoms with Crippen molar-refractivity contribution in [3.8, 4) is 0 Å². The minimum absolute atomic E-state index is 0.482. The van der Waals surface area contributed by atoms with Gasteiger partial charge in [0.2, 0.25) is 5.91 Å². The first kappa shape index (κ1) is 16.6. The molecule has 7 heteroatoms. The van der Waals surface area contributed by atoms with E-state index < -0.39 is 23.6 Å². The predicted octanol–water partition coefficient (Wildman–Crippen LogP) is 1.42. The highest BCUT2D eigenvalue weighted by molar-refractivity contribution is 8.15. The third-order valence-corrected chi connectivity index (χ3v) is 3.66. The molecule has 0 rings (SSSR count). The van der Waals surface area contributed by atoms with E-state index in [4.69, 9.17) is 10.5 Å². The topological polar surface area (TPSA) is 81.4 Å². The van der Waals surface area contributed by atoms with Crippen molar-refractivity contribution in [1.29, 1.82) is 0 Å². The highest BCUT2D eigenvalue weighted by Gasteiger charge is 2.21. The number of thioether (sulfide) groups is 2. The number of rotatable bonds is 5. The molecule has 2 amide bonds. The van der Waals surface area contributed by atoms with Gasteiger partial charge < -0.3 is 10.5 Å². The van der Waals surface area contributed by atoms with E-state index in [2.05, 4.69) is 5.32 Å². The van der Waals surface area contributed by atoms with Gasteiger partial charge in [-0.1, -0.05) is 0 Å². The predicted molar refractivity (Wildman–Crippen MR) is 73.2 cm³/mol. The van der Waals surface area contributed by atoms with Crippen molar-refractivity contribution in [3.63, 3.8) is 0 Å². The monoisotopic (exact) mass is 280 g/mol. The Kier molecular flexibility index (Phi) is 7.65. The number of nitrogens with one attached hydrogen (secondary N) is 1. The van der Waals surface area contributed by atoms with Gasteiger partial charge in [0.05, 0.1) is 6.04 Å². The van der Waals surface area contributed by atoms with Crippen LogP contribution in [0.3, 0.4) is 0 Å².